The van der Waals surface area contributed by atoms with Gasteiger partial charge >= 0.3 is 12.3 Å². The molecule has 9 heteroatoms. The zero-order valence-corrected chi connectivity index (χ0v) is 13.5. The highest BCUT2D eigenvalue weighted by atomic mass is 19.4. The van der Waals surface area contributed by atoms with Crippen molar-refractivity contribution in [1.82, 2.24) is 10.3 Å². The minimum absolute atomic E-state index is 0.00779. The van der Waals surface area contributed by atoms with Gasteiger partial charge in [0.25, 0.3) is 0 Å². The molecule has 0 bridgehead atoms. The number of benzene rings is 1. The van der Waals surface area contributed by atoms with Crippen LogP contribution >= 0.6 is 0 Å². The third kappa shape index (κ3) is 5.43. The van der Waals surface area contributed by atoms with Crippen LogP contribution < -0.4 is 5.32 Å². The van der Waals surface area contributed by atoms with Gasteiger partial charge in [-0.2, -0.15) is 13.2 Å². The number of aromatic nitrogens is 1. The lowest BCUT2D eigenvalue weighted by Crippen LogP contribution is -2.36. The Morgan fingerprint density at radius 1 is 1.15 bits per heavy atom. The lowest BCUT2D eigenvalue weighted by Gasteiger charge is -2.21. The number of hydrogen-bond acceptors (Lipinski definition) is 5. The second-order valence-electron chi connectivity index (χ2n) is 5.39. The van der Waals surface area contributed by atoms with Crippen LogP contribution in [0.25, 0.3) is 0 Å². The van der Waals surface area contributed by atoms with E-state index in [9.17, 15) is 28.2 Å². The summed E-state index contributed by atoms with van der Waals surface area (Å²) in [7, 11) is 0. The largest absolute Gasteiger partial charge is 0.445 e. The van der Waals surface area contributed by atoms with E-state index in [-0.39, 0.29) is 6.61 Å². The molecule has 2 rings (SSSR count). The highest BCUT2D eigenvalue weighted by molar-refractivity contribution is 5.67. The van der Waals surface area contributed by atoms with Gasteiger partial charge in [0.1, 0.15) is 24.5 Å². The van der Waals surface area contributed by atoms with Crippen LogP contribution in [0.15, 0.2) is 48.7 Å². The fourth-order valence-electron chi connectivity index (χ4n) is 2.17. The van der Waals surface area contributed by atoms with E-state index in [0.29, 0.717) is 0 Å². The summed E-state index contributed by atoms with van der Waals surface area (Å²) in [5.74, 6) is 0. The monoisotopic (exact) mass is 370 g/mol. The molecular weight excluding hydrogens is 353 g/mol. The van der Waals surface area contributed by atoms with E-state index >= 15 is 0 Å². The van der Waals surface area contributed by atoms with Crippen LogP contribution in [0.1, 0.15) is 22.9 Å². The Hall–Kier alpha value is -2.65. The average molecular weight is 370 g/mol. The van der Waals surface area contributed by atoms with Crippen LogP contribution in [0.5, 0.6) is 0 Å². The Balaban J connectivity index is 1.89. The summed E-state index contributed by atoms with van der Waals surface area (Å²) >= 11 is 0. The first kappa shape index (κ1) is 19.7. The summed E-state index contributed by atoms with van der Waals surface area (Å²) in [6.07, 6.45) is -8.27. The fourth-order valence-corrected chi connectivity index (χ4v) is 2.17. The molecule has 0 saturated heterocycles. The van der Waals surface area contributed by atoms with Crippen LogP contribution in [0.4, 0.5) is 18.0 Å². The number of carbonyl (C=O) groups is 1. The minimum atomic E-state index is -4.78. The highest BCUT2D eigenvalue weighted by Gasteiger charge is 2.38. The molecule has 6 nitrogen and oxygen atoms in total. The van der Waals surface area contributed by atoms with E-state index in [2.05, 4.69) is 10.3 Å². The molecule has 0 spiro atoms. The van der Waals surface area contributed by atoms with Crippen LogP contribution in [0.3, 0.4) is 0 Å². The number of carbonyl (C=O) groups excluding carboxylic acids is 1. The summed E-state index contributed by atoms with van der Waals surface area (Å²) in [5, 5.41) is 22.0. The lowest BCUT2D eigenvalue weighted by molar-refractivity contribution is -0.143. The van der Waals surface area contributed by atoms with Crippen molar-refractivity contribution >= 4 is 6.09 Å². The molecule has 2 atom stereocenters. The van der Waals surface area contributed by atoms with Crippen molar-refractivity contribution in [3.05, 3.63) is 65.5 Å². The maximum absolute atomic E-state index is 12.9. The number of hydrogen-bond donors (Lipinski definition) is 3. The second-order valence-corrected chi connectivity index (χ2v) is 5.39. The van der Waals surface area contributed by atoms with E-state index in [0.717, 1.165) is 17.8 Å². The van der Waals surface area contributed by atoms with Gasteiger partial charge < -0.3 is 20.3 Å². The number of halogens is 3. The minimum Gasteiger partial charge on any atom is -0.445 e. The van der Waals surface area contributed by atoms with Gasteiger partial charge in [-0.1, -0.05) is 36.4 Å². The number of pyridine rings is 1. The molecular formula is C17H17F3N2O4. The molecule has 0 saturated carbocycles. The molecule has 0 aliphatic rings. The van der Waals surface area contributed by atoms with Gasteiger partial charge in [-0.05, 0) is 11.6 Å². The van der Waals surface area contributed by atoms with Gasteiger partial charge in [0.2, 0.25) is 0 Å². The Bertz CT molecular complexity index is 725. The van der Waals surface area contributed by atoms with Crippen molar-refractivity contribution in [2.75, 3.05) is 6.54 Å². The third-order valence-electron chi connectivity index (χ3n) is 3.46. The number of rotatable bonds is 6. The topological polar surface area (TPSA) is 91.7 Å². The van der Waals surface area contributed by atoms with Gasteiger partial charge in [-0.15, -0.1) is 0 Å². The number of nitrogens with one attached hydrogen (secondary N) is 1. The second kappa shape index (κ2) is 8.63. The molecule has 1 amide bonds. The molecule has 0 aliphatic carbocycles. The van der Waals surface area contributed by atoms with Crippen LogP contribution in [-0.2, 0) is 17.5 Å². The van der Waals surface area contributed by atoms with E-state index < -0.39 is 42.3 Å². The molecule has 1 aromatic carbocycles. The molecule has 1 aromatic heterocycles. The summed E-state index contributed by atoms with van der Waals surface area (Å²) < 4.78 is 43.6. The smallest absolute Gasteiger partial charge is 0.433 e. The van der Waals surface area contributed by atoms with Crippen molar-refractivity contribution in [2.24, 2.45) is 0 Å². The van der Waals surface area contributed by atoms with Crippen molar-refractivity contribution < 1.29 is 32.9 Å². The highest BCUT2D eigenvalue weighted by Crippen LogP contribution is 2.33. The van der Waals surface area contributed by atoms with Crippen LogP contribution in [0, 0.1) is 0 Å². The van der Waals surface area contributed by atoms with Gasteiger partial charge in [0.15, 0.2) is 0 Å². The number of ether oxygens (including phenoxy) is 1. The Morgan fingerprint density at radius 3 is 2.50 bits per heavy atom. The van der Waals surface area contributed by atoms with Crippen molar-refractivity contribution in [3.63, 3.8) is 0 Å². The van der Waals surface area contributed by atoms with Crippen molar-refractivity contribution in [1.29, 1.82) is 0 Å². The molecule has 1 heterocycles. The van der Waals surface area contributed by atoms with Crippen LogP contribution in [0.2, 0.25) is 0 Å². The maximum Gasteiger partial charge on any atom is 0.433 e. The van der Waals surface area contributed by atoms with E-state index in [1.54, 1.807) is 30.3 Å². The third-order valence-corrected chi connectivity index (χ3v) is 3.46. The zero-order valence-electron chi connectivity index (χ0n) is 13.5. The number of alkyl carbamates (subject to hydrolysis) is 1. The van der Waals surface area contributed by atoms with Gasteiger partial charge in [0, 0.05) is 18.3 Å². The molecule has 2 aromatic rings. The molecule has 0 fully saturated rings. The van der Waals surface area contributed by atoms with Gasteiger partial charge in [0.05, 0.1) is 0 Å². The summed E-state index contributed by atoms with van der Waals surface area (Å²) in [6.45, 7) is -0.507. The normalized spacial score (nSPS) is 13.7. The SMILES string of the molecule is O=C(NCC(O)C(O)c1cccnc1C(F)(F)F)OCc1ccccc1. The van der Waals surface area contributed by atoms with Gasteiger partial charge in [-0.3, -0.25) is 4.98 Å². The predicted octanol–water partition coefficient (Wildman–Crippen LogP) is 2.42. The molecule has 26 heavy (non-hydrogen) atoms. The van der Waals surface area contributed by atoms with Crippen LogP contribution in [-0.4, -0.2) is 33.9 Å². The van der Waals surface area contributed by atoms with Crippen molar-refractivity contribution in [3.8, 4) is 0 Å². The molecule has 0 aliphatic heterocycles. The molecule has 140 valence electrons. The number of nitrogens with zero attached hydrogens (tertiary/aromatic N) is 1. The van der Waals surface area contributed by atoms with Crippen molar-refractivity contribution in [2.45, 2.75) is 25.0 Å². The first-order valence-electron chi connectivity index (χ1n) is 7.62. The first-order valence-corrected chi connectivity index (χ1v) is 7.62. The average Bonchev–Trinajstić information content (AvgIpc) is 2.64. The zero-order chi connectivity index (χ0) is 19.2. The molecule has 2 unspecified atom stereocenters. The standard InChI is InChI=1S/C17H17F3N2O4/c18-17(19,20)15-12(7-4-8-21-15)14(24)13(23)9-22-16(25)26-10-11-5-2-1-3-6-11/h1-8,13-14,23-24H,9-10H2,(H,22,25). The quantitative estimate of drug-likeness (QED) is 0.726. The summed E-state index contributed by atoms with van der Waals surface area (Å²) in [4.78, 5) is 14.8. The van der Waals surface area contributed by atoms with E-state index in [4.69, 9.17) is 4.74 Å². The Morgan fingerprint density at radius 2 is 1.85 bits per heavy atom. The maximum atomic E-state index is 12.9. The van der Waals surface area contributed by atoms with E-state index in [1.165, 1.54) is 6.07 Å². The predicted molar refractivity (Wildman–Crippen MR) is 84.8 cm³/mol. The summed E-state index contributed by atoms with van der Waals surface area (Å²) in [5.41, 5.74) is -1.13. The Kier molecular flexibility index (Phi) is 6.53. The number of alkyl halides is 3. The molecule has 0 radical (unpaired) electrons. The fraction of sp³-hybridized carbons (Fsp3) is 0.294. The summed E-state index contributed by atoms with van der Waals surface area (Å²) in [6, 6.07) is 11.0. The number of amides is 1. The Labute approximate surface area is 147 Å². The molecule has 3 N–H and O–H groups in total. The van der Waals surface area contributed by atoms with Gasteiger partial charge in [-0.25, -0.2) is 4.79 Å². The van der Waals surface area contributed by atoms with E-state index in [1.807, 2.05) is 0 Å². The lowest BCUT2D eigenvalue weighted by atomic mass is 10.0. The first-order chi connectivity index (χ1) is 12.3. The number of aliphatic hydroxyl groups excluding tert-OH is 2. The number of aliphatic hydroxyl groups is 2.